The van der Waals surface area contributed by atoms with Crippen LogP contribution in [0.3, 0.4) is 0 Å². The Hall–Kier alpha value is -1.30. The lowest BCUT2D eigenvalue weighted by molar-refractivity contribution is -0.139. The van der Waals surface area contributed by atoms with Crippen LogP contribution in [0.25, 0.3) is 0 Å². The molecule has 6 nitrogen and oxygen atoms in total. The molecule has 0 spiro atoms. The molecule has 110 valence electrons. The molecule has 1 fully saturated rings. The van der Waals surface area contributed by atoms with Crippen molar-refractivity contribution in [3.05, 3.63) is 0 Å². The fourth-order valence-electron chi connectivity index (χ4n) is 2.52. The zero-order valence-corrected chi connectivity index (χ0v) is 11.4. The molecular weight excluding hydrogens is 248 g/mol. The Labute approximate surface area is 113 Å². The summed E-state index contributed by atoms with van der Waals surface area (Å²) in [5.41, 5.74) is 0. The van der Waals surface area contributed by atoms with Gasteiger partial charge in [-0.05, 0) is 18.3 Å². The lowest BCUT2D eigenvalue weighted by Gasteiger charge is -2.29. The summed E-state index contributed by atoms with van der Waals surface area (Å²) in [5.74, 6) is -0.0578. The van der Waals surface area contributed by atoms with Crippen LogP contribution in [0.2, 0.25) is 0 Å². The highest BCUT2D eigenvalue weighted by Gasteiger charge is 2.23. The van der Waals surface area contributed by atoms with Gasteiger partial charge in [0.05, 0.1) is 0 Å². The number of aliphatic carboxylic acids is 1. The number of rotatable bonds is 6. The van der Waals surface area contributed by atoms with E-state index in [1.54, 1.807) is 0 Å². The van der Waals surface area contributed by atoms with Crippen LogP contribution in [0.5, 0.6) is 0 Å². The first-order chi connectivity index (χ1) is 9.04. The maximum absolute atomic E-state index is 11.6. The van der Waals surface area contributed by atoms with Crippen molar-refractivity contribution < 1.29 is 19.8 Å². The van der Waals surface area contributed by atoms with Gasteiger partial charge >= 0.3 is 12.0 Å². The van der Waals surface area contributed by atoms with Gasteiger partial charge in [0.25, 0.3) is 0 Å². The van der Waals surface area contributed by atoms with Crippen molar-refractivity contribution in [2.75, 3.05) is 13.2 Å². The van der Waals surface area contributed by atoms with Crippen molar-refractivity contribution in [1.29, 1.82) is 0 Å². The summed E-state index contributed by atoms with van der Waals surface area (Å²) in [4.78, 5) is 22.4. The van der Waals surface area contributed by atoms with Crippen LogP contribution in [-0.2, 0) is 4.79 Å². The minimum atomic E-state index is -1.13. The van der Waals surface area contributed by atoms with Gasteiger partial charge in [0.15, 0.2) is 0 Å². The predicted molar refractivity (Wildman–Crippen MR) is 70.8 cm³/mol. The number of aliphatic hydroxyl groups is 1. The summed E-state index contributed by atoms with van der Waals surface area (Å²) in [6.07, 6.45) is 4.77. The van der Waals surface area contributed by atoms with Gasteiger partial charge in [-0.25, -0.2) is 9.59 Å². The van der Waals surface area contributed by atoms with Crippen molar-refractivity contribution in [1.82, 2.24) is 10.6 Å². The first-order valence-electron chi connectivity index (χ1n) is 6.92. The van der Waals surface area contributed by atoms with Gasteiger partial charge < -0.3 is 20.8 Å². The maximum atomic E-state index is 11.6. The molecule has 3 unspecified atom stereocenters. The highest BCUT2D eigenvalue weighted by atomic mass is 16.4. The Morgan fingerprint density at radius 2 is 2.00 bits per heavy atom. The van der Waals surface area contributed by atoms with Crippen LogP contribution >= 0.6 is 0 Å². The highest BCUT2D eigenvalue weighted by molar-refractivity contribution is 5.82. The monoisotopic (exact) mass is 272 g/mol. The molecule has 4 N–H and O–H groups in total. The molecule has 0 heterocycles. The van der Waals surface area contributed by atoms with Gasteiger partial charge in [-0.2, -0.15) is 0 Å². The number of carbonyl (C=O) groups is 2. The van der Waals surface area contributed by atoms with Crippen LogP contribution in [0.4, 0.5) is 4.79 Å². The fourth-order valence-corrected chi connectivity index (χ4v) is 2.52. The number of urea groups is 1. The Morgan fingerprint density at radius 1 is 1.32 bits per heavy atom. The highest BCUT2D eigenvalue weighted by Crippen LogP contribution is 2.28. The zero-order valence-electron chi connectivity index (χ0n) is 11.4. The number of hydrogen-bond donors (Lipinski definition) is 4. The molecule has 2 amide bonds. The number of amides is 2. The largest absolute Gasteiger partial charge is 0.480 e. The minimum Gasteiger partial charge on any atom is -0.480 e. The Bertz CT molecular complexity index is 309. The lowest BCUT2D eigenvalue weighted by atomic mass is 9.80. The van der Waals surface area contributed by atoms with Crippen LogP contribution in [-0.4, -0.2) is 41.4 Å². The van der Waals surface area contributed by atoms with E-state index >= 15 is 0 Å². The second-order valence-corrected chi connectivity index (χ2v) is 5.28. The van der Waals surface area contributed by atoms with E-state index in [1.807, 2.05) is 0 Å². The average molecular weight is 272 g/mol. The Morgan fingerprint density at radius 3 is 2.58 bits per heavy atom. The molecule has 3 atom stereocenters. The second-order valence-electron chi connectivity index (χ2n) is 5.28. The molecule has 1 saturated carbocycles. The van der Waals surface area contributed by atoms with Gasteiger partial charge in [0.1, 0.15) is 6.04 Å². The van der Waals surface area contributed by atoms with Gasteiger partial charge in [0.2, 0.25) is 0 Å². The number of nitrogens with one attached hydrogen (secondary N) is 2. The predicted octanol–water partition coefficient (Wildman–Crippen LogP) is 0.948. The first kappa shape index (κ1) is 15.8. The van der Waals surface area contributed by atoms with E-state index in [-0.39, 0.29) is 13.0 Å². The van der Waals surface area contributed by atoms with Crippen molar-refractivity contribution in [2.24, 2.45) is 11.8 Å². The lowest BCUT2D eigenvalue weighted by Crippen LogP contribution is -2.47. The van der Waals surface area contributed by atoms with E-state index < -0.39 is 18.0 Å². The molecular formula is C13H24N2O4. The standard InChI is InChI=1S/C13H24N2O4/c1-9-4-2-3-5-10(9)8-14-13(19)15-11(6-7-16)12(17)18/h9-11,16H,2-8H2,1H3,(H,17,18)(H2,14,15,19). The summed E-state index contributed by atoms with van der Waals surface area (Å²) in [7, 11) is 0. The minimum absolute atomic E-state index is 0.0165. The van der Waals surface area contributed by atoms with Gasteiger partial charge in [-0.15, -0.1) is 0 Å². The van der Waals surface area contributed by atoms with Crippen molar-refractivity contribution >= 4 is 12.0 Å². The van der Waals surface area contributed by atoms with Crippen molar-refractivity contribution in [3.63, 3.8) is 0 Å². The molecule has 0 aromatic carbocycles. The normalized spacial score (nSPS) is 24.5. The number of carbonyl (C=O) groups excluding carboxylic acids is 1. The summed E-state index contributed by atoms with van der Waals surface area (Å²) in [6, 6.07) is -1.51. The summed E-state index contributed by atoms with van der Waals surface area (Å²) >= 11 is 0. The third-order valence-electron chi connectivity index (χ3n) is 3.84. The van der Waals surface area contributed by atoms with E-state index in [1.165, 1.54) is 19.3 Å². The molecule has 0 aliphatic heterocycles. The second kappa shape index (κ2) is 7.99. The smallest absolute Gasteiger partial charge is 0.326 e. The van der Waals surface area contributed by atoms with E-state index in [4.69, 9.17) is 10.2 Å². The molecule has 0 aromatic rings. The Balaban J connectivity index is 2.31. The van der Waals surface area contributed by atoms with Crippen LogP contribution in [0.1, 0.15) is 39.0 Å². The van der Waals surface area contributed by atoms with Crippen LogP contribution in [0, 0.1) is 11.8 Å². The number of hydrogen-bond acceptors (Lipinski definition) is 3. The fraction of sp³-hybridized carbons (Fsp3) is 0.846. The number of carboxylic acids is 1. The molecule has 0 aromatic heterocycles. The van der Waals surface area contributed by atoms with Crippen LogP contribution in [0.15, 0.2) is 0 Å². The van der Waals surface area contributed by atoms with Crippen molar-refractivity contribution in [3.8, 4) is 0 Å². The first-order valence-corrected chi connectivity index (χ1v) is 6.92. The maximum Gasteiger partial charge on any atom is 0.326 e. The van der Waals surface area contributed by atoms with E-state index in [9.17, 15) is 9.59 Å². The molecule has 0 radical (unpaired) electrons. The van der Waals surface area contributed by atoms with Gasteiger partial charge in [-0.3, -0.25) is 0 Å². The third kappa shape index (κ3) is 5.46. The zero-order chi connectivity index (χ0) is 14.3. The van der Waals surface area contributed by atoms with Crippen molar-refractivity contribution in [2.45, 2.75) is 45.1 Å². The summed E-state index contributed by atoms with van der Waals surface area (Å²) in [6.45, 7) is 2.50. The van der Waals surface area contributed by atoms with E-state index in [0.717, 1.165) is 6.42 Å². The Kier molecular flexibility index (Phi) is 6.62. The molecule has 1 aliphatic carbocycles. The van der Waals surface area contributed by atoms with Gasteiger partial charge in [0, 0.05) is 19.6 Å². The summed E-state index contributed by atoms with van der Waals surface area (Å²) in [5, 5.41) is 22.7. The van der Waals surface area contributed by atoms with Gasteiger partial charge in [-0.1, -0.05) is 26.2 Å². The van der Waals surface area contributed by atoms with Crippen LogP contribution < -0.4 is 10.6 Å². The third-order valence-corrected chi connectivity index (χ3v) is 3.84. The molecule has 1 aliphatic rings. The summed E-state index contributed by atoms with van der Waals surface area (Å²) < 4.78 is 0. The van der Waals surface area contributed by atoms with E-state index in [0.29, 0.717) is 18.4 Å². The quantitative estimate of drug-likeness (QED) is 0.578. The SMILES string of the molecule is CC1CCCCC1CNC(=O)NC(CCO)C(=O)O. The molecule has 19 heavy (non-hydrogen) atoms. The van der Waals surface area contributed by atoms with E-state index in [2.05, 4.69) is 17.6 Å². The average Bonchev–Trinajstić information content (AvgIpc) is 2.37. The number of aliphatic hydroxyl groups excluding tert-OH is 1. The molecule has 1 rings (SSSR count). The molecule has 0 saturated heterocycles. The number of carboxylic acid groups (broad SMARTS) is 1. The topological polar surface area (TPSA) is 98.7 Å². The molecule has 0 bridgehead atoms. The molecule has 6 heteroatoms.